The monoisotopic (exact) mass is 260 g/mol. The zero-order valence-corrected chi connectivity index (χ0v) is 13.1. The summed E-state index contributed by atoms with van der Waals surface area (Å²) in [5, 5.41) is 3.36. The Morgan fingerprint density at radius 2 is 1.76 bits per heavy atom. The number of rotatable bonds is 6. The number of carbonyl (C=O) groups is 1. The lowest BCUT2D eigenvalue weighted by atomic mass is 9.90. The quantitative estimate of drug-likeness (QED) is 0.718. The summed E-state index contributed by atoms with van der Waals surface area (Å²) < 4.78 is -0.0527. The van der Waals surface area contributed by atoms with Gasteiger partial charge in [-0.05, 0) is 12.3 Å². The van der Waals surface area contributed by atoms with E-state index in [1.807, 2.05) is 0 Å². The summed E-state index contributed by atoms with van der Waals surface area (Å²) in [6.07, 6.45) is 0.903. The van der Waals surface area contributed by atoms with E-state index in [4.69, 9.17) is 0 Å². The van der Waals surface area contributed by atoms with Crippen molar-refractivity contribution in [3.8, 4) is 0 Å². The van der Waals surface area contributed by atoms with Gasteiger partial charge in [0, 0.05) is 24.9 Å². The molecule has 2 atom stereocenters. The number of hydrogen-bond acceptors (Lipinski definition) is 3. The SMILES string of the molecule is CC(C)NC(C(=O)N(C)C)C(C)CC(C)(C)S. The van der Waals surface area contributed by atoms with Gasteiger partial charge in [0.05, 0.1) is 6.04 Å². The van der Waals surface area contributed by atoms with Gasteiger partial charge in [0.2, 0.25) is 5.91 Å². The molecule has 0 aliphatic rings. The van der Waals surface area contributed by atoms with Crippen LogP contribution >= 0.6 is 12.6 Å². The van der Waals surface area contributed by atoms with Gasteiger partial charge in [-0.15, -0.1) is 0 Å². The third-order valence-corrected chi connectivity index (χ3v) is 2.79. The first-order valence-corrected chi connectivity index (χ1v) is 6.69. The summed E-state index contributed by atoms with van der Waals surface area (Å²) in [5.74, 6) is 0.406. The molecule has 0 rings (SSSR count). The molecule has 0 spiro atoms. The van der Waals surface area contributed by atoms with Crippen LogP contribution < -0.4 is 5.32 Å². The molecule has 17 heavy (non-hydrogen) atoms. The van der Waals surface area contributed by atoms with Crippen LogP contribution in [0.4, 0.5) is 0 Å². The van der Waals surface area contributed by atoms with Gasteiger partial charge in [0.1, 0.15) is 0 Å². The predicted octanol–water partition coefficient (Wildman–Crippen LogP) is 2.18. The second-order valence-corrected chi connectivity index (χ2v) is 7.24. The molecule has 0 radical (unpaired) electrons. The molecule has 3 nitrogen and oxygen atoms in total. The third kappa shape index (κ3) is 6.94. The van der Waals surface area contributed by atoms with Crippen molar-refractivity contribution in [2.45, 2.75) is 57.9 Å². The molecule has 1 amide bonds. The molecule has 0 heterocycles. The number of likely N-dealkylation sites (N-methyl/N-ethyl adjacent to an activating group) is 1. The molecule has 2 unspecified atom stereocenters. The van der Waals surface area contributed by atoms with Gasteiger partial charge in [-0.1, -0.05) is 34.6 Å². The van der Waals surface area contributed by atoms with Crippen molar-refractivity contribution in [3.05, 3.63) is 0 Å². The van der Waals surface area contributed by atoms with Gasteiger partial charge in [-0.25, -0.2) is 0 Å². The molecule has 102 valence electrons. The maximum atomic E-state index is 12.1. The summed E-state index contributed by atoms with van der Waals surface area (Å²) in [5.41, 5.74) is 0. The van der Waals surface area contributed by atoms with Crippen LogP contribution in [0.5, 0.6) is 0 Å². The lowest BCUT2D eigenvalue weighted by Crippen LogP contribution is -2.50. The van der Waals surface area contributed by atoms with Crippen LogP contribution in [0.25, 0.3) is 0 Å². The zero-order valence-electron chi connectivity index (χ0n) is 12.2. The molecule has 0 aliphatic heterocycles. The number of thiol groups is 1. The van der Waals surface area contributed by atoms with Crippen LogP contribution in [-0.2, 0) is 4.79 Å². The zero-order chi connectivity index (χ0) is 13.8. The Kier molecular flexibility index (Phi) is 6.56. The predicted molar refractivity (Wildman–Crippen MR) is 77.6 cm³/mol. The Hall–Kier alpha value is -0.220. The Morgan fingerprint density at radius 3 is 2.06 bits per heavy atom. The number of carbonyl (C=O) groups excluding carboxylic acids is 1. The molecular formula is C13H28N2OS. The van der Waals surface area contributed by atoms with Crippen molar-refractivity contribution < 1.29 is 4.79 Å². The fourth-order valence-corrected chi connectivity index (χ4v) is 2.31. The normalized spacial score (nSPS) is 15.8. The van der Waals surface area contributed by atoms with E-state index in [0.717, 1.165) is 6.42 Å². The van der Waals surface area contributed by atoms with Crippen LogP contribution in [0.1, 0.15) is 41.0 Å². The fourth-order valence-electron chi connectivity index (χ4n) is 2.02. The molecule has 0 saturated heterocycles. The maximum absolute atomic E-state index is 12.1. The van der Waals surface area contributed by atoms with Crippen molar-refractivity contribution >= 4 is 18.5 Å². The van der Waals surface area contributed by atoms with Gasteiger partial charge in [0.15, 0.2) is 0 Å². The van der Waals surface area contributed by atoms with Crippen molar-refractivity contribution in [3.63, 3.8) is 0 Å². The standard InChI is InChI=1S/C13H28N2OS/c1-9(2)14-11(12(16)15(6)7)10(3)8-13(4,5)17/h9-11,14,17H,8H2,1-7H3. The van der Waals surface area contributed by atoms with Gasteiger partial charge in [0.25, 0.3) is 0 Å². The average Bonchev–Trinajstić information content (AvgIpc) is 2.09. The smallest absolute Gasteiger partial charge is 0.239 e. The number of nitrogens with one attached hydrogen (secondary N) is 1. The highest BCUT2D eigenvalue weighted by Crippen LogP contribution is 2.25. The van der Waals surface area contributed by atoms with Crippen molar-refractivity contribution in [2.24, 2.45) is 5.92 Å². The van der Waals surface area contributed by atoms with Crippen LogP contribution in [0, 0.1) is 5.92 Å². The Labute approximate surface area is 112 Å². The van der Waals surface area contributed by atoms with E-state index in [-0.39, 0.29) is 22.6 Å². The van der Waals surface area contributed by atoms with E-state index < -0.39 is 0 Å². The molecule has 0 saturated carbocycles. The Morgan fingerprint density at radius 1 is 1.29 bits per heavy atom. The highest BCUT2D eigenvalue weighted by Gasteiger charge is 2.29. The minimum absolute atomic E-state index is 0.0527. The lowest BCUT2D eigenvalue weighted by Gasteiger charge is -2.32. The van der Waals surface area contributed by atoms with Crippen LogP contribution in [-0.4, -0.2) is 41.7 Å². The van der Waals surface area contributed by atoms with E-state index in [0.29, 0.717) is 6.04 Å². The summed E-state index contributed by atoms with van der Waals surface area (Å²) in [6, 6.07) is 0.172. The first-order chi connectivity index (χ1) is 7.54. The third-order valence-electron chi connectivity index (χ3n) is 2.61. The lowest BCUT2D eigenvalue weighted by molar-refractivity contribution is -0.132. The minimum Gasteiger partial charge on any atom is -0.347 e. The van der Waals surface area contributed by atoms with E-state index in [1.54, 1.807) is 19.0 Å². The summed E-state index contributed by atoms with van der Waals surface area (Å²) in [6.45, 7) is 10.4. The van der Waals surface area contributed by atoms with E-state index >= 15 is 0 Å². The second kappa shape index (κ2) is 6.64. The van der Waals surface area contributed by atoms with Crippen LogP contribution in [0.2, 0.25) is 0 Å². The highest BCUT2D eigenvalue weighted by molar-refractivity contribution is 7.81. The Balaban J connectivity index is 4.73. The molecule has 0 aromatic rings. The molecule has 0 aromatic carbocycles. The maximum Gasteiger partial charge on any atom is 0.239 e. The van der Waals surface area contributed by atoms with Crippen LogP contribution in [0.3, 0.4) is 0 Å². The molecule has 0 fully saturated rings. The first-order valence-electron chi connectivity index (χ1n) is 6.24. The molecule has 0 bridgehead atoms. The van der Waals surface area contributed by atoms with E-state index in [1.165, 1.54) is 0 Å². The molecule has 0 aliphatic carbocycles. The summed E-state index contributed by atoms with van der Waals surface area (Å²) >= 11 is 4.55. The Bertz CT molecular complexity index is 246. The minimum atomic E-state index is -0.128. The highest BCUT2D eigenvalue weighted by atomic mass is 32.1. The summed E-state index contributed by atoms with van der Waals surface area (Å²) in [7, 11) is 3.60. The number of nitrogens with zero attached hydrogens (tertiary/aromatic N) is 1. The van der Waals surface area contributed by atoms with Crippen LogP contribution in [0.15, 0.2) is 0 Å². The van der Waals surface area contributed by atoms with Crippen molar-refractivity contribution in [1.29, 1.82) is 0 Å². The molecule has 1 N–H and O–H groups in total. The second-order valence-electron chi connectivity index (χ2n) is 6.03. The van der Waals surface area contributed by atoms with Gasteiger partial charge in [-0.3, -0.25) is 4.79 Å². The molecule has 4 heteroatoms. The molecular weight excluding hydrogens is 232 g/mol. The number of amides is 1. The van der Waals surface area contributed by atoms with E-state index in [9.17, 15) is 4.79 Å². The molecule has 0 aromatic heterocycles. The fraction of sp³-hybridized carbons (Fsp3) is 0.923. The van der Waals surface area contributed by atoms with Crippen molar-refractivity contribution in [2.75, 3.05) is 14.1 Å². The summed E-state index contributed by atoms with van der Waals surface area (Å²) in [4.78, 5) is 13.8. The van der Waals surface area contributed by atoms with E-state index in [2.05, 4.69) is 52.6 Å². The topological polar surface area (TPSA) is 32.3 Å². The average molecular weight is 260 g/mol. The van der Waals surface area contributed by atoms with Gasteiger partial charge in [-0.2, -0.15) is 12.6 Å². The van der Waals surface area contributed by atoms with Gasteiger partial charge >= 0.3 is 0 Å². The number of hydrogen-bond donors (Lipinski definition) is 2. The van der Waals surface area contributed by atoms with Gasteiger partial charge < -0.3 is 10.2 Å². The largest absolute Gasteiger partial charge is 0.347 e. The van der Waals surface area contributed by atoms with Crippen molar-refractivity contribution in [1.82, 2.24) is 10.2 Å². The first kappa shape index (κ1) is 16.8.